The van der Waals surface area contributed by atoms with E-state index in [1.54, 1.807) is 14.0 Å². The van der Waals surface area contributed by atoms with Gasteiger partial charge in [0.05, 0.1) is 25.6 Å². The van der Waals surface area contributed by atoms with E-state index in [9.17, 15) is 14.7 Å². The van der Waals surface area contributed by atoms with Crippen LogP contribution in [-0.2, 0) is 37.5 Å². The molecule has 0 spiro atoms. The SMILES string of the molecule is CCOC(=O)Cc1cccc(C(C)(CCCCC(C)(C)CO)C(=O)OCc2ccc(OC)cc2)c1. The van der Waals surface area contributed by atoms with Crippen molar-refractivity contribution < 1.29 is 28.9 Å². The van der Waals surface area contributed by atoms with Gasteiger partial charge in [0.15, 0.2) is 0 Å². The smallest absolute Gasteiger partial charge is 0.316 e. The zero-order chi connectivity index (χ0) is 25.9. The summed E-state index contributed by atoms with van der Waals surface area (Å²) >= 11 is 0. The van der Waals surface area contributed by atoms with Crippen molar-refractivity contribution in [3.05, 3.63) is 65.2 Å². The van der Waals surface area contributed by atoms with E-state index in [-0.39, 0.29) is 37.0 Å². The molecule has 0 fully saturated rings. The number of carbonyl (C=O) groups is 2. The minimum Gasteiger partial charge on any atom is -0.497 e. The highest BCUT2D eigenvalue weighted by atomic mass is 16.5. The number of ether oxygens (including phenoxy) is 3. The van der Waals surface area contributed by atoms with Crippen molar-refractivity contribution in [3.8, 4) is 5.75 Å². The van der Waals surface area contributed by atoms with Gasteiger partial charge in [-0.1, -0.05) is 63.1 Å². The van der Waals surface area contributed by atoms with E-state index in [1.807, 2.05) is 69.3 Å². The predicted octanol–water partition coefficient (Wildman–Crippen LogP) is 5.38. The third-order valence-electron chi connectivity index (χ3n) is 6.41. The standard InChI is InChI=1S/C29H40O6/c1-6-34-26(31)19-23-10-9-11-24(18-23)29(4,17-8-7-16-28(2,3)21-30)27(32)35-20-22-12-14-25(33-5)15-13-22/h9-15,18,30H,6-8,16-17,19-21H2,1-5H3. The molecule has 0 aliphatic carbocycles. The van der Waals surface area contributed by atoms with Gasteiger partial charge in [0.1, 0.15) is 12.4 Å². The third-order valence-corrected chi connectivity index (χ3v) is 6.41. The van der Waals surface area contributed by atoms with Gasteiger partial charge in [0.2, 0.25) is 0 Å². The topological polar surface area (TPSA) is 82.1 Å². The number of methoxy groups -OCH3 is 1. The fourth-order valence-electron chi connectivity index (χ4n) is 3.96. The Morgan fingerprint density at radius 2 is 1.60 bits per heavy atom. The number of aliphatic hydroxyl groups excluding tert-OH is 1. The first-order chi connectivity index (χ1) is 16.6. The molecule has 0 heterocycles. The van der Waals surface area contributed by atoms with E-state index >= 15 is 0 Å². The number of carbonyl (C=O) groups excluding carboxylic acids is 2. The van der Waals surface area contributed by atoms with Gasteiger partial charge in [0.25, 0.3) is 0 Å². The summed E-state index contributed by atoms with van der Waals surface area (Å²) in [7, 11) is 1.61. The fourth-order valence-corrected chi connectivity index (χ4v) is 3.96. The summed E-state index contributed by atoms with van der Waals surface area (Å²) in [6.07, 6.45) is 3.31. The normalized spacial score (nSPS) is 13.1. The molecule has 0 aliphatic rings. The quantitative estimate of drug-likeness (QED) is 0.286. The molecule has 2 aromatic carbocycles. The van der Waals surface area contributed by atoms with Crippen LogP contribution in [0.5, 0.6) is 5.75 Å². The zero-order valence-corrected chi connectivity index (χ0v) is 21.8. The van der Waals surface area contributed by atoms with E-state index in [2.05, 4.69) is 0 Å². The number of aliphatic hydroxyl groups is 1. The summed E-state index contributed by atoms with van der Waals surface area (Å²) in [5.74, 6) is 0.150. The molecule has 0 amide bonds. The number of unbranched alkanes of at least 4 members (excludes halogenated alkanes) is 1. The van der Waals surface area contributed by atoms with E-state index < -0.39 is 5.41 Å². The Kier molecular flexibility index (Phi) is 10.8. The number of hydrogen-bond acceptors (Lipinski definition) is 6. The molecule has 6 heteroatoms. The average Bonchev–Trinajstić information content (AvgIpc) is 2.85. The maximum Gasteiger partial charge on any atom is 0.316 e. The Labute approximate surface area is 209 Å². The van der Waals surface area contributed by atoms with Gasteiger partial charge in [-0.3, -0.25) is 9.59 Å². The number of hydrogen-bond donors (Lipinski definition) is 1. The number of esters is 2. The molecule has 0 aliphatic heterocycles. The Balaban J connectivity index is 2.20. The summed E-state index contributed by atoms with van der Waals surface area (Å²) in [4.78, 5) is 25.5. The second kappa shape index (κ2) is 13.3. The van der Waals surface area contributed by atoms with Crippen LogP contribution in [0, 0.1) is 5.41 Å². The van der Waals surface area contributed by atoms with Crippen LogP contribution >= 0.6 is 0 Å². The first kappa shape index (κ1) is 28.4. The molecular formula is C29H40O6. The van der Waals surface area contributed by atoms with Crippen molar-refractivity contribution in [3.63, 3.8) is 0 Å². The summed E-state index contributed by atoms with van der Waals surface area (Å²) in [5, 5.41) is 9.55. The first-order valence-corrected chi connectivity index (χ1v) is 12.3. The second-order valence-corrected chi connectivity index (χ2v) is 9.97. The molecule has 1 atom stereocenters. The molecule has 2 aromatic rings. The molecule has 0 aromatic heterocycles. The molecule has 2 rings (SSSR count). The highest BCUT2D eigenvalue weighted by Gasteiger charge is 2.37. The maximum absolute atomic E-state index is 13.5. The van der Waals surface area contributed by atoms with Crippen molar-refractivity contribution in [2.45, 2.75) is 71.8 Å². The van der Waals surface area contributed by atoms with E-state index in [0.717, 1.165) is 41.7 Å². The lowest BCUT2D eigenvalue weighted by molar-refractivity contribution is -0.151. The average molecular weight is 485 g/mol. The molecule has 0 saturated carbocycles. The van der Waals surface area contributed by atoms with E-state index in [1.165, 1.54) is 0 Å². The highest BCUT2D eigenvalue weighted by molar-refractivity contribution is 5.83. The highest BCUT2D eigenvalue weighted by Crippen LogP contribution is 2.34. The Hall–Kier alpha value is -2.86. The van der Waals surface area contributed by atoms with Crippen molar-refractivity contribution in [2.24, 2.45) is 5.41 Å². The minimum absolute atomic E-state index is 0.129. The summed E-state index contributed by atoms with van der Waals surface area (Å²) in [6.45, 7) is 8.38. The molecule has 6 nitrogen and oxygen atoms in total. The van der Waals surface area contributed by atoms with Crippen LogP contribution in [0.3, 0.4) is 0 Å². The van der Waals surface area contributed by atoms with Gasteiger partial charge in [-0.15, -0.1) is 0 Å². The Morgan fingerprint density at radius 1 is 0.914 bits per heavy atom. The van der Waals surface area contributed by atoms with E-state index in [4.69, 9.17) is 14.2 Å². The Bertz CT molecular complexity index is 950. The summed E-state index contributed by atoms with van der Waals surface area (Å²) < 4.78 is 16.1. The molecule has 1 N–H and O–H groups in total. The van der Waals surface area contributed by atoms with Gasteiger partial charge in [-0.2, -0.15) is 0 Å². The molecule has 0 bridgehead atoms. The van der Waals surface area contributed by atoms with Gasteiger partial charge in [0, 0.05) is 6.61 Å². The molecule has 192 valence electrons. The lowest BCUT2D eigenvalue weighted by Crippen LogP contribution is -2.34. The van der Waals surface area contributed by atoms with Crippen LogP contribution in [0.2, 0.25) is 0 Å². The number of benzene rings is 2. The minimum atomic E-state index is -0.875. The van der Waals surface area contributed by atoms with Gasteiger partial charge in [-0.25, -0.2) is 0 Å². The Morgan fingerprint density at radius 3 is 2.23 bits per heavy atom. The predicted molar refractivity (Wildman–Crippen MR) is 136 cm³/mol. The van der Waals surface area contributed by atoms with Crippen LogP contribution in [0.15, 0.2) is 48.5 Å². The van der Waals surface area contributed by atoms with Crippen molar-refractivity contribution in [1.82, 2.24) is 0 Å². The molecule has 35 heavy (non-hydrogen) atoms. The largest absolute Gasteiger partial charge is 0.497 e. The van der Waals surface area contributed by atoms with Crippen LogP contribution in [0.1, 0.15) is 70.1 Å². The lowest BCUT2D eigenvalue weighted by Gasteiger charge is -2.29. The molecular weight excluding hydrogens is 444 g/mol. The van der Waals surface area contributed by atoms with Crippen LogP contribution in [-0.4, -0.2) is 37.4 Å². The molecule has 0 saturated heterocycles. The van der Waals surface area contributed by atoms with Gasteiger partial charge >= 0.3 is 11.9 Å². The van der Waals surface area contributed by atoms with Crippen molar-refractivity contribution >= 4 is 11.9 Å². The lowest BCUT2D eigenvalue weighted by atomic mass is 9.76. The van der Waals surface area contributed by atoms with Crippen molar-refractivity contribution in [1.29, 1.82) is 0 Å². The fraction of sp³-hybridized carbons (Fsp3) is 0.517. The third kappa shape index (κ3) is 8.70. The molecule has 1 unspecified atom stereocenters. The monoisotopic (exact) mass is 484 g/mol. The number of rotatable bonds is 14. The van der Waals surface area contributed by atoms with Gasteiger partial charge in [-0.05, 0) is 60.9 Å². The van der Waals surface area contributed by atoms with Gasteiger partial charge < -0.3 is 19.3 Å². The maximum atomic E-state index is 13.5. The van der Waals surface area contributed by atoms with Crippen molar-refractivity contribution in [2.75, 3.05) is 20.3 Å². The van der Waals surface area contributed by atoms with E-state index in [0.29, 0.717) is 13.0 Å². The van der Waals surface area contributed by atoms with Crippen LogP contribution in [0.25, 0.3) is 0 Å². The van der Waals surface area contributed by atoms with Crippen LogP contribution < -0.4 is 4.74 Å². The zero-order valence-electron chi connectivity index (χ0n) is 21.8. The summed E-state index contributed by atoms with van der Waals surface area (Å²) in [6, 6.07) is 15.0. The van der Waals surface area contributed by atoms with Crippen LogP contribution in [0.4, 0.5) is 0 Å². The molecule has 0 radical (unpaired) electrons. The summed E-state index contributed by atoms with van der Waals surface area (Å²) in [5.41, 5.74) is 1.48. The second-order valence-electron chi connectivity index (χ2n) is 9.97. The first-order valence-electron chi connectivity index (χ1n) is 12.3.